The van der Waals surface area contributed by atoms with E-state index in [1.807, 2.05) is 0 Å². The van der Waals surface area contributed by atoms with E-state index in [0.717, 1.165) is 0 Å². The Morgan fingerprint density at radius 3 is 3.06 bits per heavy atom. The number of likely N-dealkylation sites (tertiary alicyclic amines) is 1. The zero-order valence-electron chi connectivity index (χ0n) is 9.93. The molecule has 1 aliphatic rings. The fraction of sp³-hybridized carbons (Fsp3) is 0.417. The number of carbonyl (C=O) groups excluding carboxylic acids is 2. The summed E-state index contributed by atoms with van der Waals surface area (Å²) in [5, 5.41) is 0.392. The smallest absolute Gasteiger partial charge is 0.310 e. The van der Waals surface area contributed by atoms with Crippen LogP contribution in [-0.2, 0) is 20.9 Å². The monoisotopic (exact) mass is 268 g/mol. The van der Waals surface area contributed by atoms with Gasteiger partial charge in [-0.3, -0.25) is 9.59 Å². The molecule has 1 aliphatic heterocycles. The van der Waals surface area contributed by atoms with Crippen molar-refractivity contribution in [2.75, 3.05) is 13.7 Å². The highest BCUT2D eigenvalue weighted by atomic mass is 35.5. The Morgan fingerprint density at radius 2 is 2.39 bits per heavy atom. The van der Waals surface area contributed by atoms with Crippen LogP contribution in [0.3, 0.4) is 0 Å². The van der Waals surface area contributed by atoms with Crippen molar-refractivity contribution < 1.29 is 14.3 Å². The van der Waals surface area contributed by atoms with Gasteiger partial charge in [0.05, 0.1) is 25.3 Å². The maximum Gasteiger partial charge on any atom is 0.310 e. The lowest BCUT2D eigenvalue weighted by molar-refractivity contribution is -0.145. The second-order valence-corrected chi connectivity index (χ2v) is 4.54. The number of aromatic nitrogens is 1. The van der Waals surface area contributed by atoms with Gasteiger partial charge in [-0.15, -0.1) is 0 Å². The van der Waals surface area contributed by atoms with Crippen molar-refractivity contribution in [3.63, 3.8) is 0 Å². The van der Waals surface area contributed by atoms with Gasteiger partial charge in [-0.2, -0.15) is 0 Å². The van der Waals surface area contributed by atoms with Gasteiger partial charge in [0.15, 0.2) is 0 Å². The predicted molar refractivity (Wildman–Crippen MR) is 64.8 cm³/mol. The van der Waals surface area contributed by atoms with Gasteiger partial charge in [-0.05, 0) is 12.1 Å². The zero-order valence-corrected chi connectivity index (χ0v) is 10.7. The maximum atomic E-state index is 11.8. The summed E-state index contributed by atoms with van der Waals surface area (Å²) in [6.45, 7) is 0.743. The van der Waals surface area contributed by atoms with Crippen LogP contribution in [-0.4, -0.2) is 35.4 Å². The van der Waals surface area contributed by atoms with Gasteiger partial charge in [0.25, 0.3) is 0 Å². The van der Waals surface area contributed by atoms with Crippen LogP contribution >= 0.6 is 11.6 Å². The minimum atomic E-state index is -0.373. The van der Waals surface area contributed by atoms with Crippen molar-refractivity contribution in [1.82, 2.24) is 9.88 Å². The molecule has 5 nitrogen and oxygen atoms in total. The first-order valence-electron chi connectivity index (χ1n) is 5.57. The van der Waals surface area contributed by atoms with E-state index < -0.39 is 0 Å². The van der Waals surface area contributed by atoms with E-state index in [1.54, 1.807) is 23.1 Å². The first kappa shape index (κ1) is 12.8. The molecule has 1 atom stereocenters. The minimum Gasteiger partial charge on any atom is -0.469 e. The van der Waals surface area contributed by atoms with Crippen LogP contribution in [0.4, 0.5) is 0 Å². The molecule has 1 unspecified atom stereocenters. The Bertz CT molecular complexity index is 478. The van der Waals surface area contributed by atoms with Gasteiger partial charge in [0.2, 0.25) is 5.91 Å². The molecule has 1 aromatic rings. The summed E-state index contributed by atoms with van der Waals surface area (Å²) in [6.07, 6.45) is 0.202. The molecule has 0 aromatic carbocycles. The summed E-state index contributed by atoms with van der Waals surface area (Å²) in [5.74, 6) is -0.779. The fourth-order valence-corrected chi connectivity index (χ4v) is 2.16. The van der Waals surface area contributed by atoms with E-state index in [1.165, 1.54) is 7.11 Å². The van der Waals surface area contributed by atoms with E-state index >= 15 is 0 Å². The summed E-state index contributed by atoms with van der Waals surface area (Å²) in [4.78, 5) is 28.8. The van der Waals surface area contributed by atoms with E-state index in [-0.39, 0.29) is 24.2 Å². The second-order valence-electron chi connectivity index (χ2n) is 4.15. The Balaban J connectivity index is 2.02. The summed E-state index contributed by atoms with van der Waals surface area (Å²) in [7, 11) is 1.33. The van der Waals surface area contributed by atoms with E-state index in [2.05, 4.69) is 9.72 Å². The fourth-order valence-electron chi connectivity index (χ4n) is 1.98. The molecule has 1 aromatic heterocycles. The quantitative estimate of drug-likeness (QED) is 0.612. The van der Waals surface area contributed by atoms with Crippen LogP contribution in [0, 0.1) is 5.92 Å². The standard InChI is InChI=1S/C12H13ClN2O3/c1-18-12(17)8-5-11(16)15(6-8)7-9-3-2-4-10(13)14-9/h2-4,8H,5-7H2,1H3. The van der Waals surface area contributed by atoms with Crippen molar-refractivity contribution in [3.05, 3.63) is 29.0 Å². The number of rotatable bonds is 3. The number of nitrogens with zero attached hydrogens (tertiary/aromatic N) is 2. The third kappa shape index (κ3) is 2.79. The number of pyridine rings is 1. The summed E-state index contributed by atoms with van der Waals surface area (Å²) >= 11 is 5.78. The minimum absolute atomic E-state index is 0.0628. The molecule has 96 valence electrons. The molecule has 1 fully saturated rings. The molecule has 0 N–H and O–H groups in total. The van der Waals surface area contributed by atoms with Crippen LogP contribution in [0.25, 0.3) is 0 Å². The van der Waals surface area contributed by atoms with E-state index in [0.29, 0.717) is 23.9 Å². The number of ether oxygens (including phenoxy) is 1. The molecule has 0 spiro atoms. The van der Waals surface area contributed by atoms with Crippen molar-refractivity contribution in [2.24, 2.45) is 5.92 Å². The van der Waals surface area contributed by atoms with Crippen molar-refractivity contribution in [1.29, 1.82) is 0 Å². The Morgan fingerprint density at radius 1 is 1.61 bits per heavy atom. The molecule has 2 heterocycles. The average molecular weight is 269 g/mol. The Labute approximate surface area is 110 Å². The van der Waals surface area contributed by atoms with Crippen LogP contribution < -0.4 is 0 Å². The number of amides is 1. The molecular formula is C12H13ClN2O3. The van der Waals surface area contributed by atoms with Crippen molar-refractivity contribution in [3.8, 4) is 0 Å². The molecule has 18 heavy (non-hydrogen) atoms. The van der Waals surface area contributed by atoms with Crippen LogP contribution in [0.5, 0.6) is 0 Å². The molecule has 1 saturated heterocycles. The summed E-state index contributed by atoms with van der Waals surface area (Å²) in [5.41, 5.74) is 0.710. The van der Waals surface area contributed by atoms with Gasteiger partial charge >= 0.3 is 5.97 Å². The lowest BCUT2D eigenvalue weighted by Crippen LogP contribution is -2.26. The summed E-state index contributed by atoms with van der Waals surface area (Å²) in [6, 6.07) is 5.25. The molecule has 0 aliphatic carbocycles. The number of hydrogen-bond donors (Lipinski definition) is 0. The highest BCUT2D eigenvalue weighted by molar-refractivity contribution is 6.29. The van der Waals surface area contributed by atoms with Gasteiger partial charge in [0, 0.05) is 13.0 Å². The molecule has 0 saturated carbocycles. The van der Waals surface area contributed by atoms with Crippen LogP contribution in [0.1, 0.15) is 12.1 Å². The third-order valence-corrected chi connectivity index (χ3v) is 3.09. The maximum absolute atomic E-state index is 11.8. The number of carbonyl (C=O) groups is 2. The SMILES string of the molecule is COC(=O)C1CC(=O)N(Cc2cccc(Cl)n2)C1. The molecule has 6 heteroatoms. The van der Waals surface area contributed by atoms with Gasteiger partial charge in [-0.1, -0.05) is 17.7 Å². The molecule has 2 rings (SSSR count). The second kappa shape index (κ2) is 5.35. The lowest BCUT2D eigenvalue weighted by Gasteiger charge is -2.15. The van der Waals surface area contributed by atoms with E-state index in [9.17, 15) is 9.59 Å². The molecule has 1 amide bonds. The van der Waals surface area contributed by atoms with Crippen LogP contribution in [0.15, 0.2) is 18.2 Å². The highest BCUT2D eigenvalue weighted by Crippen LogP contribution is 2.21. The largest absolute Gasteiger partial charge is 0.469 e. The topological polar surface area (TPSA) is 59.5 Å². The number of hydrogen-bond acceptors (Lipinski definition) is 4. The number of esters is 1. The Kier molecular flexibility index (Phi) is 3.81. The zero-order chi connectivity index (χ0) is 13.1. The molecular weight excluding hydrogens is 256 g/mol. The highest BCUT2D eigenvalue weighted by Gasteiger charge is 2.34. The summed E-state index contributed by atoms with van der Waals surface area (Å²) < 4.78 is 4.65. The van der Waals surface area contributed by atoms with E-state index in [4.69, 9.17) is 11.6 Å². The Hall–Kier alpha value is -1.62. The predicted octanol–water partition coefficient (Wildman–Crippen LogP) is 1.26. The average Bonchev–Trinajstić information content (AvgIpc) is 2.70. The normalized spacial score (nSPS) is 19.1. The van der Waals surface area contributed by atoms with Crippen LogP contribution in [0.2, 0.25) is 5.15 Å². The molecule has 0 radical (unpaired) electrons. The first-order chi connectivity index (χ1) is 8.60. The number of halogens is 1. The van der Waals surface area contributed by atoms with Gasteiger partial charge < -0.3 is 9.64 Å². The number of methoxy groups -OCH3 is 1. The lowest BCUT2D eigenvalue weighted by atomic mass is 10.1. The molecule has 0 bridgehead atoms. The first-order valence-corrected chi connectivity index (χ1v) is 5.95. The third-order valence-electron chi connectivity index (χ3n) is 2.87. The van der Waals surface area contributed by atoms with Crippen molar-refractivity contribution >= 4 is 23.5 Å². The van der Waals surface area contributed by atoms with Gasteiger partial charge in [-0.25, -0.2) is 4.98 Å². The van der Waals surface area contributed by atoms with Crippen molar-refractivity contribution in [2.45, 2.75) is 13.0 Å². The van der Waals surface area contributed by atoms with Gasteiger partial charge in [0.1, 0.15) is 5.15 Å².